The van der Waals surface area contributed by atoms with Crippen LogP contribution in [0.1, 0.15) is 12.0 Å². The van der Waals surface area contributed by atoms with E-state index in [1.54, 1.807) is 6.07 Å². The molecule has 2 aliphatic rings. The molecule has 2 fully saturated rings. The average Bonchev–Trinajstić information content (AvgIpc) is 3.17. The fraction of sp³-hybridized carbons (Fsp3) is 0.556. The van der Waals surface area contributed by atoms with Crippen LogP contribution in [0.2, 0.25) is 0 Å². The molecule has 13 heteroatoms. The molecule has 174 valence electrons. The van der Waals surface area contributed by atoms with E-state index >= 15 is 0 Å². The number of carboxylic acids is 1. The summed E-state index contributed by atoms with van der Waals surface area (Å²) in [4.78, 5) is 23.1. The Bertz CT molecular complexity index is 925. The maximum atomic E-state index is 13.3. The molecule has 31 heavy (non-hydrogen) atoms. The number of likely N-dealkylation sites (tertiary alicyclic amines) is 1. The molecule has 0 bridgehead atoms. The largest absolute Gasteiger partial charge is 0.490 e. The van der Waals surface area contributed by atoms with Gasteiger partial charge in [0.15, 0.2) is 0 Å². The minimum Gasteiger partial charge on any atom is -0.475 e. The van der Waals surface area contributed by atoms with Crippen molar-refractivity contribution in [3.05, 3.63) is 35.6 Å². The highest BCUT2D eigenvalue weighted by molar-refractivity contribution is 7.88. The molecule has 2 aliphatic heterocycles. The van der Waals surface area contributed by atoms with Gasteiger partial charge in [0.05, 0.1) is 6.26 Å². The van der Waals surface area contributed by atoms with Gasteiger partial charge in [-0.1, -0.05) is 12.1 Å². The van der Waals surface area contributed by atoms with Gasteiger partial charge >= 0.3 is 12.1 Å². The number of carboxylic acid groups (broad SMARTS) is 1. The lowest BCUT2D eigenvalue weighted by Gasteiger charge is -2.27. The topological polar surface area (TPSA) is 107 Å². The van der Waals surface area contributed by atoms with E-state index in [2.05, 4.69) is 10.2 Å². The van der Waals surface area contributed by atoms with E-state index in [0.717, 1.165) is 11.8 Å². The van der Waals surface area contributed by atoms with Gasteiger partial charge in [-0.25, -0.2) is 17.6 Å². The van der Waals surface area contributed by atoms with Crippen molar-refractivity contribution in [2.75, 3.05) is 26.4 Å². The summed E-state index contributed by atoms with van der Waals surface area (Å²) in [6, 6.07) is 5.61. The molecule has 2 heterocycles. The Balaban J connectivity index is 0.000000423. The summed E-state index contributed by atoms with van der Waals surface area (Å²) in [5.74, 6) is -3.17. The number of nitrogens with zero attached hydrogens (tertiary/aromatic N) is 2. The highest BCUT2D eigenvalue weighted by Gasteiger charge is 2.52. The molecule has 2 saturated heterocycles. The Hall–Kier alpha value is -2.25. The van der Waals surface area contributed by atoms with Crippen molar-refractivity contribution in [1.82, 2.24) is 14.5 Å². The minimum atomic E-state index is -5.08. The summed E-state index contributed by atoms with van der Waals surface area (Å²) in [6.07, 6.45) is -3.41. The van der Waals surface area contributed by atoms with Gasteiger partial charge in [-0.3, -0.25) is 9.69 Å². The first-order chi connectivity index (χ1) is 14.2. The van der Waals surface area contributed by atoms with Crippen LogP contribution in [0, 0.1) is 11.7 Å². The molecule has 3 rings (SSSR count). The van der Waals surface area contributed by atoms with Crippen LogP contribution in [-0.2, 0) is 26.2 Å². The molecule has 0 aliphatic carbocycles. The van der Waals surface area contributed by atoms with Crippen LogP contribution in [0.4, 0.5) is 17.6 Å². The first-order valence-electron chi connectivity index (χ1n) is 9.21. The van der Waals surface area contributed by atoms with E-state index in [1.807, 2.05) is 6.07 Å². The van der Waals surface area contributed by atoms with Crippen molar-refractivity contribution in [1.29, 1.82) is 0 Å². The van der Waals surface area contributed by atoms with E-state index in [9.17, 15) is 30.8 Å². The maximum Gasteiger partial charge on any atom is 0.490 e. The first kappa shape index (κ1) is 25.0. The molecule has 0 radical (unpaired) electrons. The van der Waals surface area contributed by atoms with Gasteiger partial charge in [0.2, 0.25) is 15.9 Å². The summed E-state index contributed by atoms with van der Waals surface area (Å²) in [7, 11) is -1.96. The SMILES string of the molecule is CNC(=O)[C@H]1C[C@@H]2CN(Cc3cccc(F)c3)C[C@@H]2N1S(C)(=O)=O.O=C(O)C(F)(F)F. The lowest BCUT2D eigenvalue weighted by atomic mass is 10.0. The highest BCUT2D eigenvalue weighted by Crippen LogP contribution is 2.38. The van der Waals surface area contributed by atoms with Gasteiger partial charge in [0.1, 0.15) is 11.9 Å². The Morgan fingerprint density at radius 3 is 2.35 bits per heavy atom. The normalized spacial score (nSPS) is 24.3. The Morgan fingerprint density at radius 2 is 1.87 bits per heavy atom. The summed E-state index contributed by atoms with van der Waals surface area (Å²) in [6.45, 7) is 1.84. The molecule has 3 atom stereocenters. The van der Waals surface area contributed by atoms with Gasteiger partial charge in [-0.2, -0.15) is 17.5 Å². The van der Waals surface area contributed by atoms with E-state index in [4.69, 9.17) is 9.90 Å². The molecule has 1 aromatic carbocycles. The summed E-state index contributed by atoms with van der Waals surface area (Å²) in [5.41, 5.74) is 0.865. The quantitative estimate of drug-likeness (QED) is 0.639. The van der Waals surface area contributed by atoms with Crippen LogP contribution in [0.15, 0.2) is 24.3 Å². The number of carbonyl (C=O) groups excluding carboxylic acids is 1. The standard InChI is InChI=1S/C16H22FN3O3S.C2HF3O2/c1-18-16(21)14-7-12-9-19(8-11-4-3-5-13(17)6-11)10-15(12)20(14)24(2,22)23;3-2(4,5)1(6)7/h3-6,12,14-15H,7-10H2,1-2H3,(H,18,21);(H,6,7)/t12-,14-,15+;/m1./s1. The fourth-order valence-electron chi connectivity index (χ4n) is 3.97. The number of amides is 1. The second kappa shape index (κ2) is 9.49. The number of fused-ring (bicyclic) bond motifs is 1. The molecular weight excluding hydrogens is 446 g/mol. The van der Waals surface area contributed by atoms with Crippen LogP contribution in [-0.4, -0.2) is 79.3 Å². The predicted molar refractivity (Wildman–Crippen MR) is 102 cm³/mol. The first-order valence-corrected chi connectivity index (χ1v) is 11.1. The third-order valence-corrected chi connectivity index (χ3v) is 6.40. The fourth-order valence-corrected chi connectivity index (χ4v) is 5.35. The van der Waals surface area contributed by atoms with E-state index in [0.29, 0.717) is 26.1 Å². The lowest BCUT2D eigenvalue weighted by Crippen LogP contribution is -2.49. The van der Waals surface area contributed by atoms with Crippen LogP contribution in [0.25, 0.3) is 0 Å². The number of hydrogen-bond acceptors (Lipinski definition) is 5. The second-order valence-corrected chi connectivity index (χ2v) is 9.30. The molecule has 0 aromatic heterocycles. The van der Waals surface area contributed by atoms with Gasteiger partial charge in [-0.05, 0) is 30.0 Å². The number of halogens is 4. The van der Waals surface area contributed by atoms with Crippen LogP contribution in [0.5, 0.6) is 0 Å². The Labute approximate surface area is 176 Å². The lowest BCUT2D eigenvalue weighted by molar-refractivity contribution is -0.192. The number of rotatable bonds is 4. The van der Waals surface area contributed by atoms with Gasteiger partial charge in [0, 0.05) is 32.7 Å². The molecule has 0 saturated carbocycles. The Morgan fingerprint density at radius 1 is 1.26 bits per heavy atom. The number of aliphatic carboxylic acids is 1. The van der Waals surface area contributed by atoms with Crippen LogP contribution < -0.4 is 5.32 Å². The third kappa shape index (κ3) is 6.37. The zero-order chi connectivity index (χ0) is 23.6. The summed E-state index contributed by atoms with van der Waals surface area (Å²) >= 11 is 0. The Kier molecular flexibility index (Phi) is 7.66. The van der Waals surface area contributed by atoms with E-state index in [-0.39, 0.29) is 23.7 Å². The van der Waals surface area contributed by atoms with Crippen molar-refractivity contribution in [2.24, 2.45) is 5.92 Å². The number of alkyl halides is 3. The zero-order valence-corrected chi connectivity index (χ0v) is 17.6. The van der Waals surface area contributed by atoms with Crippen molar-refractivity contribution < 1.29 is 40.7 Å². The van der Waals surface area contributed by atoms with Crippen LogP contribution in [0.3, 0.4) is 0 Å². The van der Waals surface area contributed by atoms with Gasteiger partial charge in [-0.15, -0.1) is 0 Å². The molecule has 1 amide bonds. The van der Waals surface area contributed by atoms with Crippen molar-refractivity contribution in [3.8, 4) is 0 Å². The number of benzene rings is 1. The van der Waals surface area contributed by atoms with Crippen molar-refractivity contribution >= 4 is 21.9 Å². The number of hydrogen-bond donors (Lipinski definition) is 2. The second-order valence-electron chi connectivity index (χ2n) is 7.41. The molecular formula is C18H23F4N3O5S. The number of sulfonamides is 1. The van der Waals surface area contributed by atoms with Crippen LogP contribution >= 0.6 is 0 Å². The predicted octanol–water partition coefficient (Wildman–Crippen LogP) is 1.04. The van der Waals surface area contributed by atoms with E-state index < -0.39 is 28.2 Å². The number of carbonyl (C=O) groups is 2. The van der Waals surface area contributed by atoms with Crippen molar-refractivity contribution in [3.63, 3.8) is 0 Å². The summed E-state index contributed by atoms with van der Waals surface area (Å²) < 4.78 is 70.8. The summed E-state index contributed by atoms with van der Waals surface area (Å²) in [5, 5.41) is 9.68. The molecule has 0 spiro atoms. The highest BCUT2D eigenvalue weighted by atomic mass is 32.2. The molecule has 2 N–H and O–H groups in total. The monoisotopic (exact) mass is 469 g/mol. The molecule has 0 unspecified atom stereocenters. The van der Waals surface area contributed by atoms with Gasteiger partial charge in [0.25, 0.3) is 0 Å². The number of likely N-dealkylation sites (N-methyl/N-ethyl adjacent to an activating group) is 1. The van der Waals surface area contributed by atoms with Crippen molar-refractivity contribution in [2.45, 2.75) is 31.2 Å². The maximum absolute atomic E-state index is 13.3. The van der Waals surface area contributed by atoms with E-state index in [1.165, 1.54) is 23.5 Å². The third-order valence-electron chi connectivity index (χ3n) is 5.11. The number of nitrogens with one attached hydrogen (secondary N) is 1. The molecule has 1 aromatic rings. The smallest absolute Gasteiger partial charge is 0.475 e. The average molecular weight is 469 g/mol. The minimum absolute atomic E-state index is 0.121. The molecule has 8 nitrogen and oxygen atoms in total. The van der Waals surface area contributed by atoms with Gasteiger partial charge < -0.3 is 10.4 Å². The zero-order valence-electron chi connectivity index (χ0n) is 16.8.